The highest BCUT2D eigenvalue weighted by Crippen LogP contribution is 2.21. The van der Waals surface area contributed by atoms with Crippen LogP contribution in [0.4, 0.5) is 5.13 Å². The highest BCUT2D eigenvalue weighted by molar-refractivity contribution is 7.15. The summed E-state index contributed by atoms with van der Waals surface area (Å²) in [4.78, 5) is 12.1. The molecule has 1 heterocycles. The number of ether oxygens (including phenoxy) is 1. The van der Waals surface area contributed by atoms with E-state index in [9.17, 15) is 4.79 Å². The fraction of sp³-hybridized carbons (Fsp3) is 0.308. The van der Waals surface area contributed by atoms with Crippen molar-refractivity contribution in [2.75, 3.05) is 12.4 Å². The summed E-state index contributed by atoms with van der Waals surface area (Å²) < 4.78 is 5.20. The van der Waals surface area contributed by atoms with Crippen LogP contribution in [0.25, 0.3) is 0 Å². The zero-order valence-corrected chi connectivity index (χ0v) is 11.9. The van der Waals surface area contributed by atoms with E-state index in [4.69, 9.17) is 4.74 Å². The molecule has 1 N–H and O–H groups in total. The molecule has 0 spiro atoms. The predicted molar refractivity (Wildman–Crippen MR) is 75.0 cm³/mol. The molecule has 0 aliphatic carbocycles. The molecule has 2 rings (SSSR count). The van der Waals surface area contributed by atoms with Crippen molar-refractivity contribution < 1.29 is 9.53 Å². The van der Waals surface area contributed by atoms with E-state index in [1.807, 2.05) is 19.9 Å². The Morgan fingerprint density at radius 3 is 2.84 bits per heavy atom. The Balaban J connectivity index is 2.15. The van der Waals surface area contributed by atoms with Crippen LogP contribution in [0.3, 0.4) is 0 Å². The topological polar surface area (TPSA) is 64.1 Å². The number of aryl methyl sites for hydroxylation is 2. The number of nitrogens with one attached hydrogen (secondary N) is 1. The van der Waals surface area contributed by atoms with E-state index >= 15 is 0 Å². The Bertz CT molecular complexity index is 595. The molecule has 0 saturated carbocycles. The lowest BCUT2D eigenvalue weighted by atomic mass is 10.1. The maximum atomic E-state index is 12.1. The van der Waals surface area contributed by atoms with Gasteiger partial charge in [-0.25, -0.2) is 0 Å². The first kappa shape index (κ1) is 13.5. The van der Waals surface area contributed by atoms with Gasteiger partial charge >= 0.3 is 0 Å². The third kappa shape index (κ3) is 3.08. The predicted octanol–water partition coefficient (Wildman–Crippen LogP) is 2.67. The van der Waals surface area contributed by atoms with E-state index in [1.165, 1.54) is 11.3 Å². The van der Waals surface area contributed by atoms with Crippen LogP contribution in [0, 0.1) is 6.92 Å². The minimum Gasteiger partial charge on any atom is -0.496 e. The molecule has 6 heteroatoms. The molecule has 0 bridgehead atoms. The molecule has 2 aromatic rings. The number of nitrogens with zero attached hydrogens (tertiary/aromatic N) is 2. The molecule has 0 aliphatic rings. The third-order valence-corrected chi connectivity index (χ3v) is 3.64. The number of hydrogen-bond acceptors (Lipinski definition) is 5. The average Bonchev–Trinajstić information content (AvgIpc) is 2.86. The van der Waals surface area contributed by atoms with Crippen molar-refractivity contribution in [1.82, 2.24) is 10.2 Å². The van der Waals surface area contributed by atoms with Gasteiger partial charge in [0.15, 0.2) is 0 Å². The first-order valence-electron chi connectivity index (χ1n) is 5.92. The second-order valence-corrected chi connectivity index (χ2v) is 5.06. The van der Waals surface area contributed by atoms with Crippen molar-refractivity contribution in [3.05, 3.63) is 34.3 Å². The fourth-order valence-electron chi connectivity index (χ4n) is 1.58. The van der Waals surface area contributed by atoms with Gasteiger partial charge in [-0.1, -0.05) is 24.3 Å². The zero-order valence-electron chi connectivity index (χ0n) is 11.1. The molecule has 1 aromatic carbocycles. The van der Waals surface area contributed by atoms with E-state index in [0.717, 1.165) is 17.0 Å². The second kappa shape index (κ2) is 5.79. The van der Waals surface area contributed by atoms with Crippen molar-refractivity contribution in [1.29, 1.82) is 0 Å². The van der Waals surface area contributed by atoms with Crippen LogP contribution in [0.5, 0.6) is 5.75 Å². The van der Waals surface area contributed by atoms with Crippen molar-refractivity contribution in [3.8, 4) is 5.75 Å². The zero-order chi connectivity index (χ0) is 13.8. The van der Waals surface area contributed by atoms with Crippen LogP contribution in [0.2, 0.25) is 0 Å². The maximum absolute atomic E-state index is 12.1. The van der Waals surface area contributed by atoms with Crippen LogP contribution < -0.4 is 10.1 Å². The normalized spacial score (nSPS) is 10.3. The Morgan fingerprint density at radius 2 is 2.21 bits per heavy atom. The lowest BCUT2D eigenvalue weighted by Crippen LogP contribution is -2.12. The number of hydrogen-bond donors (Lipinski definition) is 1. The largest absolute Gasteiger partial charge is 0.496 e. The monoisotopic (exact) mass is 277 g/mol. The first-order valence-corrected chi connectivity index (χ1v) is 6.74. The fourth-order valence-corrected chi connectivity index (χ4v) is 2.25. The van der Waals surface area contributed by atoms with Gasteiger partial charge < -0.3 is 4.74 Å². The maximum Gasteiger partial charge on any atom is 0.257 e. The Morgan fingerprint density at radius 1 is 1.42 bits per heavy atom. The van der Waals surface area contributed by atoms with Crippen molar-refractivity contribution in [2.24, 2.45) is 0 Å². The average molecular weight is 277 g/mol. The minimum atomic E-state index is -0.211. The molecule has 0 atom stereocenters. The van der Waals surface area contributed by atoms with Gasteiger partial charge in [0, 0.05) is 5.56 Å². The van der Waals surface area contributed by atoms with E-state index in [0.29, 0.717) is 16.4 Å². The third-order valence-electron chi connectivity index (χ3n) is 2.66. The van der Waals surface area contributed by atoms with Gasteiger partial charge in [0.05, 0.1) is 7.11 Å². The summed E-state index contributed by atoms with van der Waals surface area (Å²) >= 11 is 1.38. The van der Waals surface area contributed by atoms with Gasteiger partial charge in [-0.3, -0.25) is 10.1 Å². The number of methoxy groups -OCH3 is 1. The van der Waals surface area contributed by atoms with Crippen LogP contribution in [-0.4, -0.2) is 23.2 Å². The Hall–Kier alpha value is -1.95. The molecule has 100 valence electrons. The number of amides is 1. The first-order chi connectivity index (χ1) is 9.13. The summed E-state index contributed by atoms with van der Waals surface area (Å²) in [6.07, 6.45) is 0.811. The van der Waals surface area contributed by atoms with Gasteiger partial charge in [-0.05, 0) is 31.0 Å². The second-order valence-electron chi connectivity index (χ2n) is 3.99. The molecule has 0 aliphatic heterocycles. The summed E-state index contributed by atoms with van der Waals surface area (Å²) in [5, 5.41) is 12.0. The van der Waals surface area contributed by atoms with Gasteiger partial charge in [0.25, 0.3) is 5.91 Å². The molecule has 1 aromatic heterocycles. The molecule has 0 radical (unpaired) electrons. The molecule has 5 nitrogen and oxygen atoms in total. The molecule has 0 fully saturated rings. The van der Waals surface area contributed by atoms with Gasteiger partial charge in [-0.2, -0.15) is 0 Å². The van der Waals surface area contributed by atoms with Gasteiger partial charge in [-0.15, -0.1) is 10.2 Å². The summed E-state index contributed by atoms with van der Waals surface area (Å²) in [5.41, 5.74) is 1.53. The smallest absolute Gasteiger partial charge is 0.257 e. The van der Waals surface area contributed by atoms with Gasteiger partial charge in [0.1, 0.15) is 10.8 Å². The summed E-state index contributed by atoms with van der Waals surface area (Å²) in [6, 6.07) is 5.33. The summed E-state index contributed by atoms with van der Waals surface area (Å²) in [6.45, 7) is 3.93. The van der Waals surface area contributed by atoms with Crippen molar-refractivity contribution in [3.63, 3.8) is 0 Å². The number of aromatic nitrogens is 2. The van der Waals surface area contributed by atoms with E-state index in [1.54, 1.807) is 19.2 Å². The molecule has 0 unspecified atom stereocenters. The number of anilines is 1. The van der Waals surface area contributed by atoms with Crippen LogP contribution in [0.15, 0.2) is 18.2 Å². The molecule has 19 heavy (non-hydrogen) atoms. The number of carbonyl (C=O) groups excluding carboxylic acids is 1. The van der Waals surface area contributed by atoms with Gasteiger partial charge in [0.2, 0.25) is 5.13 Å². The number of carbonyl (C=O) groups is 1. The lowest BCUT2D eigenvalue weighted by Gasteiger charge is -2.07. The Labute approximate surface area is 115 Å². The van der Waals surface area contributed by atoms with Crippen LogP contribution in [0.1, 0.15) is 27.9 Å². The van der Waals surface area contributed by atoms with Crippen LogP contribution in [-0.2, 0) is 6.42 Å². The van der Waals surface area contributed by atoms with Crippen molar-refractivity contribution in [2.45, 2.75) is 20.3 Å². The summed E-state index contributed by atoms with van der Waals surface area (Å²) in [7, 11) is 1.59. The summed E-state index contributed by atoms with van der Waals surface area (Å²) in [5.74, 6) is 0.483. The van der Waals surface area contributed by atoms with E-state index < -0.39 is 0 Å². The molecular formula is C13H15N3O2S. The Kier molecular flexibility index (Phi) is 4.11. The number of benzene rings is 1. The highest BCUT2D eigenvalue weighted by Gasteiger charge is 2.11. The lowest BCUT2D eigenvalue weighted by molar-refractivity contribution is 0.102. The van der Waals surface area contributed by atoms with E-state index in [-0.39, 0.29) is 5.91 Å². The van der Waals surface area contributed by atoms with Crippen LogP contribution >= 0.6 is 11.3 Å². The highest BCUT2D eigenvalue weighted by atomic mass is 32.1. The molecule has 0 saturated heterocycles. The minimum absolute atomic E-state index is 0.211. The van der Waals surface area contributed by atoms with Crippen molar-refractivity contribution >= 4 is 22.4 Å². The SMILES string of the molecule is CCc1nnc(NC(=O)c2ccc(C)c(OC)c2)s1. The number of rotatable bonds is 4. The quantitative estimate of drug-likeness (QED) is 0.933. The molecule has 1 amide bonds. The standard InChI is InChI=1S/C13H15N3O2S/c1-4-11-15-16-13(19-11)14-12(17)9-6-5-8(2)10(7-9)18-3/h5-7H,4H2,1-3H3,(H,14,16,17). The molecular weight excluding hydrogens is 262 g/mol. The van der Waals surface area contributed by atoms with E-state index in [2.05, 4.69) is 15.5 Å².